The summed E-state index contributed by atoms with van der Waals surface area (Å²) in [7, 11) is -4.38. The maximum absolute atomic E-state index is 13.0. The SMILES string of the molecule is O=C(Oc1ccc(S(=O)(=O)O)c(C2C3CC4CC(C3)CC2C4)c1)c1cc(I)cc(I)c1I. The molecular formula is C23H21I3O5S. The van der Waals surface area contributed by atoms with Gasteiger partial charge >= 0.3 is 5.97 Å². The summed E-state index contributed by atoms with van der Waals surface area (Å²) in [5, 5.41) is 0. The van der Waals surface area contributed by atoms with E-state index in [0.29, 0.717) is 28.7 Å². The van der Waals surface area contributed by atoms with Gasteiger partial charge in [-0.2, -0.15) is 8.42 Å². The van der Waals surface area contributed by atoms with E-state index in [-0.39, 0.29) is 10.8 Å². The smallest absolute Gasteiger partial charge is 0.344 e. The van der Waals surface area contributed by atoms with E-state index >= 15 is 0 Å². The van der Waals surface area contributed by atoms with E-state index in [1.165, 1.54) is 18.6 Å². The molecule has 2 aromatic rings. The number of carbonyl (C=O) groups excluding carboxylic acids is 1. The Hall–Kier alpha value is 0.0100. The van der Waals surface area contributed by atoms with Gasteiger partial charge < -0.3 is 4.74 Å². The number of hydrogen-bond acceptors (Lipinski definition) is 4. The van der Waals surface area contributed by atoms with Crippen molar-refractivity contribution in [3.63, 3.8) is 0 Å². The molecule has 2 aromatic carbocycles. The third-order valence-corrected chi connectivity index (χ3v) is 11.9. The first-order valence-electron chi connectivity index (χ1n) is 10.6. The normalized spacial score (nSPS) is 28.7. The fourth-order valence-corrected chi connectivity index (χ4v) is 9.49. The second-order valence-electron chi connectivity index (χ2n) is 9.27. The van der Waals surface area contributed by atoms with Crippen LogP contribution in [0, 0.1) is 34.4 Å². The number of esters is 1. The van der Waals surface area contributed by atoms with E-state index in [4.69, 9.17) is 4.74 Å². The quantitative estimate of drug-likeness (QED) is 0.126. The van der Waals surface area contributed by atoms with Gasteiger partial charge in [-0.3, -0.25) is 4.55 Å². The van der Waals surface area contributed by atoms with E-state index in [1.54, 1.807) is 12.1 Å². The average Bonchev–Trinajstić information content (AvgIpc) is 2.69. The Kier molecular flexibility index (Phi) is 6.60. The molecule has 1 N–H and O–H groups in total. The van der Waals surface area contributed by atoms with Crippen molar-refractivity contribution >= 4 is 83.9 Å². The van der Waals surface area contributed by atoms with Crippen LogP contribution in [0.4, 0.5) is 0 Å². The summed E-state index contributed by atoms with van der Waals surface area (Å²) in [5.74, 6) is 2.27. The van der Waals surface area contributed by atoms with Gasteiger partial charge in [0.2, 0.25) is 0 Å². The molecule has 0 heterocycles. The lowest BCUT2D eigenvalue weighted by molar-refractivity contribution is -0.00373. The maximum Gasteiger partial charge on any atom is 0.344 e. The lowest BCUT2D eigenvalue weighted by atomic mass is 9.51. The molecule has 32 heavy (non-hydrogen) atoms. The van der Waals surface area contributed by atoms with Crippen molar-refractivity contribution in [1.29, 1.82) is 0 Å². The molecule has 9 heteroatoms. The predicted molar refractivity (Wildman–Crippen MR) is 146 cm³/mol. The molecule has 0 saturated heterocycles. The highest BCUT2D eigenvalue weighted by atomic mass is 127. The van der Waals surface area contributed by atoms with Gasteiger partial charge in [0.05, 0.1) is 10.5 Å². The predicted octanol–water partition coefficient (Wildman–Crippen LogP) is 6.51. The number of ether oxygens (including phenoxy) is 1. The summed E-state index contributed by atoms with van der Waals surface area (Å²) < 4.78 is 42.8. The third-order valence-electron chi connectivity index (χ3n) is 7.27. The van der Waals surface area contributed by atoms with Gasteiger partial charge in [0.25, 0.3) is 10.1 Å². The van der Waals surface area contributed by atoms with E-state index in [2.05, 4.69) is 67.8 Å². The maximum atomic E-state index is 13.0. The van der Waals surface area contributed by atoms with Gasteiger partial charge in [0, 0.05) is 10.7 Å². The first kappa shape index (κ1) is 23.7. The van der Waals surface area contributed by atoms with Crippen LogP contribution in [0.2, 0.25) is 0 Å². The van der Waals surface area contributed by atoms with Crippen LogP contribution in [0.1, 0.15) is 53.9 Å². The van der Waals surface area contributed by atoms with Crippen LogP contribution < -0.4 is 4.74 Å². The summed E-state index contributed by atoms with van der Waals surface area (Å²) >= 11 is 6.50. The molecule has 0 aromatic heterocycles. The molecule has 4 saturated carbocycles. The number of rotatable bonds is 4. The van der Waals surface area contributed by atoms with Crippen LogP contribution in [0.5, 0.6) is 5.75 Å². The highest BCUT2D eigenvalue weighted by Crippen LogP contribution is 2.60. The fourth-order valence-electron chi connectivity index (χ4n) is 6.38. The molecule has 0 aliphatic heterocycles. The Bertz CT molecular complexity index is 1180. The highest BCUT2D eigenvalue weighted by molar-refractivity contribution is 14.1. The molecule has 4 fully saturated rings. The first-order chi connectivity index (χ1) is 15.1. The molecule has 170 valence electrons. The second-order valence-corrected chi connectivity index (χ2v) is 14.1. The number of carbonyl (C=O) groups is 1. The summed E-state index contributed by atoms with van der Waals surface area (Å²) in [6.45, 7) is 0. The van der Waals surface area contributed by atoms with Gasteiger partial charge in [-0.25, -0.2) is 4.79 Å². The van der Waals surface area contributed by atoms with Crippen molar-refractivity contribution in [3.8, 4) is 5.75 Å². The lowest BCUT2D eigenvalue weighted by Gasteiger charge is -2.54. The van der Waals surface area contributed by atoms with Crippen molar-refractivity contribution in [3.05, 3.63) is 52.2 Å². The summed E-state index contributed by atoms with van der Waals surface area (Å²) in [4.78, 5) is 12.9. The van der Waals surface area contributed by atoms with Gasteiger partial charge in [0.15, 0.2) is 0 Å². The summed E-state index contributed by atoms with van der Waals surface area (Å²) in [5.41, 5.74) is 1.09. The average molecular weight is 790 g/mol. The van der Waals surface area contributed by atoms with Crippen LogP contribution >= 0.6 is 67.8 Å². The largest absolute Gasteiger partial charge is 0.423 e. The van der Waals surface area contributed by atoms with Crippen molar-refractivity contribution in [2.24, 2.45) is 23.7 Å². The Balaban J connectivity index is 1.51. The molecule has 0 atom stereocenters. The molecule has 4 bridgehead atoms. The zero-order chi connectivity index (χ0) is 22.8. The zero-order valence-corrected chi connectivity index (χ0v) is 24.2. The first-order valence-corrected chi connectivity index (χ1v) is 15.3. The second kappa shape index (κ2) is 8.90. The van der Waals surface area contributed by atoms with Gasteiger partial charge in [-0.05, 0) is 165 Å². The van der Waals surface area contributed by atoms with Crippen LogP contribution in [-0.4, -0.2) is 18.9 Å². The van der Waals surface area contributed by atoms with Gasteiger partial charge in [0.1, 0.15) is 5.75 Å². The molecule has 0 unspecified atom stereocenters. The topological polar surface area (TPSA) is 80.7 Å². The van der Waals surface area contributed by atoms with Crippen LogP contribution in [0.25, 0.3) is 0 Å². The minimum Gasteiger partial charge on any atom is -0.423 e. The number of hydrogen-bond donors (Lipinski definition) is 1. The highest BCUT2D eigenvalue weighted by Gasteiger charge is 2.49. The number of halogens is 3. The molecule has 5 nitrogen and oxygen atoms in total. The molecule has 4 aliphatic carbocycles. The van der Waals surface area contributed by atoms with Gasteiger partial charge in [-0.1, -0.05) is 0 Å². The van der Waals surface area contributed by atoms with Crippen LogP contribution in [-0.2, 0) is 10.1 Å². The summed E-state index contributed by atoms with van der Waals surface area (Å²) in [6.07, 6.45) is 5.77. The van der Waals surface area contributed by atoms with Crippen LogP contribution in [0.15, 0.2) is 35.2 Å². The van der Waals surface area contributed by atoms with E-state index < -0.39 is 16.1 Å². The van der Waals surface area contributed by atoms with Crippen LogP contribution in [0.3, 0.4) is 0 Å². The third kappa shape index (κ3) is 4.49. The lowest BCUT2D eigenvalue weighted by Crippen LogP contribution is -2.44. The van der Waals surface area contributed by atoms with Crippen molar-refractivity contribution in [1.82, 2.24) is 0 Å². The van der Waals surface area contributed by atoms with E-state index in [0.717, 1.165) is 48.2 Å². The molecule has 4 aliphatic rings. The Labute approximate surface area is 228 Å². The Morgan fingerprint density at radius 2 is 1.56 bits per heavy atom. The molecule has 0 radical (unpaired) electrons. The molecule has 0 spiro atoms. The minimum atomic E-state index is -4.38. The molecular weight excluding hydrogens is 769 g/mol. The monoisotopic (exact) mass is 790 g/mol. The fraction of sp³-hybridized carbons (Fsp3) is 0.435. The molecule has 6 rings (SSSR count). The standard InChI is InChI=1S/C23H21I3O5S/c24-15-8-18(22(26)19(25)9-15)23(27)31-16-1-2-20(32(28,29)30)17(10-16)21-13-4-11-3-12(6-13)7-14(21)5-11/h1-2,8-14,21H,3-7H2,(H,28,29,30). The van der Waals surface area contributed by atoms with Crippen molar-refractivity contribution in [2.45, 2.75) is 42.9 Å². The van der Waals surface area contributed by atoms with E-state index in [9.17, 15) is 17.8 Å². The Morgan fingerprint density at radius 3 is 2.16 bits per heavy atom. The minimum absolute atomic E-state index is 0.0480. The zero-order valence-electron chi connectivity index (χ0n) is 16.9. The number of benzene rings is 2. The van der Waals surface area contributed by atoms with E-state index in [1.807, 2.05) is 6.07 Å². The van der Waals surface area contributed by atoms with Crippen molar-refractivity contribution in [2.75, 3.05) is 0 Å². The molecule has 0 amide bonds. The Morgan fingerprint density at radius 1 is 0.938 bits per heavy atom. The van der Waals surface area contributed by atoms with Gasteiger partial charge in [-0.15, -0.1) is 0 Å². The summed E-state index contributed by atoms with van der Waals surface area (Å²) in [6, 6.07) is 8.32. The van der Waals surface area contributed by atoms with Crippen molar-refractivity contribution < 1.29 is 22.5 Å².